The molecule has 1 atom stereocenters. The highest BCUT2D eigenvalue weighted by Crippen LogP contribution is 2.34. The van der Waals surface area contributed by atoms with Gasteiger partial charge in [-0.1, -0.05) is 36.4 Å². The lowest BCUT2D eigenvalue weighted by Crippen LogP contribution is -2.38. The molecular formula is C14H16O. The van der Waals surface area contributed by atoms with Gasteiger partial charge in [0.2, 0.25) is 0 Å². The summed E-state index contributed by atoms with van der Waals surface area (Å²) in [4.78, 5) is 0. The fourth-order valence-corrected chi connectivity index (χ4v) is 2.67. The van der Waals surface area contributed by atoms with Crippen molar-refractivity contribution in [2.75, 3.05) is 6.61 Å². The average Bonchev–Trinajstić information content (AvgIpc) is 2.30. The van der Waals surface area contributed by atoms with Crippen molar-refractivity contribution in [1.82, 2.24) is 0 Å². The Morgan fingerprint density at radius 3 is 2.80 bits per heavy atom. The molecule has 1 aromatic carbocycles. The van der Waals surface area contributed by atoms with Crippen LogP contribution in [0.15, 0.2) is 36.4 Å². The molecule has 1 heteroatoms. The first-order valence-electron chi connectivity index (χ1n) is 5.76. The minimum Gasteiger partial charge on any atom is -0.370 e. The minimum atomic E-state index is 0.0204. The maximum atomic E-state index is 5.98. The van der Waals surface area contributed by atoms with Gasteiger partial charge in [-0.05, 0) is 30.4 Å². The van der Waals surface area contributed by atoms with Gasteiger partial charge in [0.05, 0.1) is 12.2 Å². The Bertz CT molecular complexity index is 394. The van der Waals surface area contributed by atoms with Crippen molar-refractivity contribution in [3.05, 3.63) is 47.5 Å². The van der Waals surface area contributed by atoms with E-state index in [1.165, 1.54) is 11.1 Å². The highest BCUT2D eigenvalue weighted by molar-refractivity contribution is 5.33. The van der Waals surface area contributed by atoms with Crippen LogP contribution in [0.4, 0.5) is 0 Å². The predicted molar refractivity (Wildman–Crippen MR) is 60.9 cm³/mol. The van der Waals surface area contributed by atoms with Crippen molar-refractivity contribution in [1.29, 1.82) is 0 Å². The maximum absolute atomic E-state index is 5.98. The summed E-state index contributed by atoms with van der Waals surface area (Å²) in [5.41, 5.74) is 2.99. The average molecular weight is 200 g/mol. The van der Waals surface area contributed by atoms with Gasteiger partial charge in [0.25, 0.3) is 0 Å². The van der Waals surface area contributed by atoms with E-state index in [4.69, 9.17) is 4.74 Å². The van der Waals surface area contributed by atoms with E-state index >= 15 is 0 Å². The van der Waals surface area contributed by atoms with Gasteiger partial charge >= 0.3 is 0 Å². The third kappa shape index (κ3) is 1.61. The second kappa shape index (κ2) is 3.49. The predicted octanol–water partition coefficient (Wildman–Crippen LogP) is 2.89. The zero-order valence-electron chi connectivity index (χ0n) is 8.91. The molecule has 1 spiro atoms. The molecule has 1 aliphatic carbocycles. The molecule has 2 aliphatic rings. The number of fused-ring (bicyclic) bond motifs is 1. The molecule has 15 heavy (non-hydrogen) atoms. The normalized spacial score (nSPS) is 29.1. The van der Waals surface area contributed by atoms with Crippen LogP contribution in [-0.4, -0.2) is 12.2 Å². The molecule has 0 saturated carbocycles. The smallest absolute Gasteiger partial charge is 0.0906 e. The van der Waals surface area contributed by atoms with Gasteiger partial charge in [-0.2, -0.15) is 0 Å². The first-order valence-corrected chi connectivity index (χ1v) is 5.76. The zero-order chi connectivity index (χ0) is 10.1. The first kappa shape index (κ1) is 9.17. The van der Waals surface area contributed by atoms with Crippen molar-refractivity contribution in [3.63, 3.8) is 0 Å². The van der Waals surface area contributed by atoms with Gasteiger partial charge in [-0.3, -0.25) is 0 Å². The molecule has 3 rings (SSSR count). The molecule has 0 amide bonds. The van der Waals surface area contributed by atoms with E-state index in [1.807, 2.05) is 0 Å². The molecule has 0 aromatic heterocycles. The van der Waals surface area contributed by atoms with Crippen molar-refractivity contribution < 1.29 is 4.74 Å². The van der Waals surface area contributed by atoms with Crippen LogP contribution in [0.5, 0.6) is 0 Å². The summed E-state index contributed by atoms with van der Waals surface area (Å²) in [6, 6.07) is 8.75. The minimum absolute atomic E-state index is 0.0204. The van der Waals surface area contributed by atoms with Gasteiger partial charge in [0.15, 0.2) is 0 Å². The lowest BCUT2D eigenvalue weighted by molar-refractivity contribution is -0.0234. The summed E-state index contributed by atoms with van der Waals surface area (Å²) in [6.07, 6.45) is 8.98. The third-order valence-corrected chi connectivity index (χ3v) is 3.52. The van der Waals surface area contributed by atoms with Crippen LogP contribution >= 0.6 is 0 Å². The second-order valence-corrected chi connectivity index (χ2v) is 4.55. The SMILES string of the molecule is C1=CC2(CCc3ccccc3C2)OCC1. The second-order valence-electron chi connectivity index (χ2n) is 4.55. The zero-order valence-corrected chi connectivity index (χ0v) is 8.91. The Morgan fingerprint density at radius 1 is 1.13 bits per heavy atom. The molecule has 0 N–H and O–H groups in total. The van der Waals surface area contributed by atoms with Crippen LogP contribution in [0, 0.1) is 0 Å². The molecule has 0 fully saturated rings. The van der Waals surface area contributed by atoms with Crippen molar-refractivity contribution in [3.8, 4) is 0 Å². The fourth-order valence-electron chi connectivity index (χ4n) is 2.67. The Balaban J connectivity index is 1.94. The van der Waals surface area contributed by atoms with E-state index < -0.39 is 0 Å². The standard InChI is InChI=1S/C14H16O/c1-2-6-13-11-14(8-3-4-10-15-14)9-7-12(13)5-1/h1-3,5-6,8H,4,7,9-11H2. The maximum Gasteiger partial charge on any atom is 0.0906 e. The Labute approximate surface area is 90.8 Å². The lowest BCUT2D eigenvalue weighted by Gasteiger charge is -2.37. The Hall–Kier alpha value is -1.08. The van der Waals surface area contributed by atoms with E-state index in [2.05, 4.69) is 36.4 Å². The monoisotopic (exact) mass is 200 g/mol. The Kier molecular flexibility index (Phi) is 2.14. The fraction of sp³-hybridized carbons (Fsp3) is 0.429. The summed E-state index contributed by atoms with van der Waals surface area (Å²) in [5.74, 6) is 0. The third-order valence-electron chi connectivity index (χ3n) is 3.52. The molecule has 0 radical (unpaired) electrons. The van der Waals surface area contributed by atoms with Gasteiger partial charge in [0.1, 0.15) is 0 Å². The van der Waals surface area contributed by atoms with Gasteiger partial charge in [0, 0.05) is 6.42 Å². The summed E-state index contributed by atoms with van der Waals surface area (Å²) >= 11 is 0. The molecule has 0 bridgehead atoms. The van der Waals surface area contributed by atoms with Gasteiger partial charge in [-0.25, -0.2) is 0 Å². The molecule has 1 nitrogen and oxygen atoms in total. The van der Waals surface area contributed by atoms with Crippen LogP contribution in [0.1, 0.15) is 24.0 Å². The summed E-state index contributed by atoms with van der Waals surface area (Å²) in [6.45, 7) is 0.888. The van der Waals surface area contributed by atoms with E-state index in [-0.39, 0.29) is 5.60 Å². The first-order chi connectivity index (χ1) is 7.38. The molecule has 1 unspecified atom stereocenters. The van der Waals surface area contributed by atoms with E-state index in [0.717, 1.165) is 32.3 Å². The number of hydrogen-bond donors (Lipinski definition) is 0. The van der Waals surface area contributed by atoms with E-state index in [0.29, 0.717) is 0 Å². The number of benzene rings is 1. The largest absolute Gasteiger partial charge is 0.370 e. The van der Waals surface area contributed by atoms with Crippen LogP contribution < -0.4 is 0 Å². The highest BCUT2D eigenvalue weighted by atomic mass is 16.5. The van der Waals surface area contributed by atoms with Crippen LogP contribution in [0.3, 0.4) is 0 Å². The van der Waals surface area contributed by atoms with E-state index in [1.54, 1.807) is 0 Å². The lowest BCUT2D eigenvalue weighted by atomic mass is 9.79. The quantitative estimate of drug-likeness (QED) is 0.585. The highest BCUT2D eigenvalue weighted by Gasteiger charge is 2.33. The number of ether oxygens (including phenoxy) is 1. The Morgan fingerprint density at radius 2 is 2.00 bits per heavy atom. The summed E-state index contributed by atoms with van der Waals surface area (Å²) < 4.78 is 5.98. The van der Waals surface area contributed by atoms with Crippen molar-refractivity contribution >= 4 is 0 Å². The number of aryl methyl sites for hydroxylation is 1. The molecule has 1 aromatic rings. The van der Waals surface area contributed by atoms with E-state index in [9.17, 15) is 0 Å². The topological polar surface area (TPSA) is 9.23 Å². The molecule has 1 heterocycles. The van der Waals surface area contributed by atoms with Crippen molar-refractivity contribution in [2.24, 2.45) is 0 Å². The van der Waals surface area contributed by atoms with Crippen molar-refractivity contribution in [2.45, 2.75) is 31.3 Å². The summed E-state index contributed by atoms with van der Waals surface area (Å²) in [7, 11) is 0. The molecule has 0 saturated heterocycles. The van der Waals surface area contributed by atoms with Crippen LogP contribution in [0.2, 0.25) is 0 Å². The molecular weight excluding hydrogens is 184 g/mol. The van der Waals surface area contributed by atoms with Crippen LogP contribution in [-0.2, 0) is 17.6 Å². The van der Waals surface area contributed by atoms with Gasteiger partial charge < -0.3 is 4.74 Å². The number of hydrogen-bond acceptors (Lipinski definition) is 1. The number of rotatable bonds is 0. The van der Waals surface area contributed by atoms with Crippen LogP contribution in [0.25, 0.3) is 0 Å². The molecule has 1 aliphatic heterocycles. The molecule has 78 valence electrons. The van der Waals surface area contributed by atoms with Gasteiger partial charge in [-0.15, -0.1) is 0 Å². The summed E-state index contributed by atoms with van der Waals surface area (Å²) in [5, 5.41) is 0.